The zero-order valence-corrected chi connectivity index (χ0v) is 18.3. The van der Waals surface area contributed by atoms with Crippen LogP contribution in [0.5, 0.6) is 0 Å². The molecule has 2 aromatic carbocycles. The van der Waals surface area contributed by atoms with Gasteiger partial charge < -0.3 is 0 Å². The summed E-state index contributed by atoms with van der Waals surface area (Å²) >= 11 is 0. The van der Waals surface area contributed by atoms with Crippen molar-refractivity contribution in [3.8, 4) is 0 Å². The van der Waals surface area contributed by atoms with E-state index in [0.717, 1.165) is 24.8 Å². The first-order valence-corrected chi connectivity index (χ1v) is 12.0. The van der Waals surface area contributed by atoms with Crippen LogP contribution >= 0.6 is 0 Å². The van der Waals surface area contributed by atoms with Crippen LogP contribution in [0.3, 0.4) is 0 Å². The van der Waals surface area contributed by atoms with Crippen LogP contribution in [0.25, 0.3) is 0 Å². The fourth-order valence-corrected chi connectivity index (χ4v) is 7.89. The van der Waals surface area contributed by atoms with Crippen LogP contribution < -0.4 is 0 Å². The maximum absolute atomic E-state index is 13.4. The summed E-state index contributed by atoms with van der Waals surface area (Å²) in [6.45, 7) is 7.71. The Balaban J connectivity index is 1.54. The van der Waals surface area contributed by atoms with E-state index in [1.807, 2.05) is 19.1 Å². The van der Waals surface area contributed by atoms with Crippen LogP contribution in [0.15, 0.2) is 70.6 Å². The van der Waals surface area contributed by atoms with Gasteiger partial charge in [0, 0.05) is 23.9 Å². The summed E-state index contributed by atoms with van der Waals surface area (Å²) in [6, 6.07) is 18.1. The summed E-state index contributed by atoms with van der Waals surface area (Å²) in [6.07, 6.45) is 3.02. The Morgan fingerprint density at radius 1 is 0.931 bits per heavy atom. The number of sulfonamides is 1. The molecule has 2 aliphatic carbocycles. The number of hydrogen-bond acceptors (Lipinski definition) is 2. The number of fused-ring (bicyclic) bond motifs is 1. The molecule has 2 aromatic rings. The molecule has 0 N–H and O–H groups in total. The highest BCUT2D eigenvalue weighted by Gasteiger charge is 2.78. The molecule has 1 heterocycles. The largest absolute Gasteiger partial charge is 0.243 e. The number of piperidine rings is 1. The van der Waals surface area contributed by atoms with Crippen molar-refractivity contribution in [2.75, 3.05) is 13.1 Å². The lowest BCUT2D eigenvalue weighted by Crippen LogP contribution is -2.45. The normalized spacial score (nSPS) is 31.9. The second-order valence-corrected chi connectivity index (χ2v) is 11.3. The van der Waals surface area contributed by atoms with E-state index < -0.39 is 10.0 Å². The first kappa shape index (κ1) is 19.1. The number of benzene rings is 2. The van der Waals surface area contributed by atoms with Gasteiger partial charge in [-0.2, -0.15) is 4.31 Å². The van der Waals surface area contributed by atoms with Gasteiger partial charge in [0.05, 0.1) is 4.90 Å². The van der Waals surface area contributed by atoms with Gasteiger partial charge in [0.2, 0.25) is 10.0 Å². The lowest BCUT2D eigenvalue weighted by molar-refractivity contribution is 0.224. The minimum atomic E-state index is -3.46. The van der Waals surface area contributed by atoms with E-state index >= 15 is 0 Å². The third kappa shape index (κ3) is 2.55. The molecule has 3 unspecified atom stereocenters. The zero-order chi connectivity index (χ0) is 20.4. The van der Waals surface area contributed by atoms with Crippen LogP contribution in [0, 0.1) is 18.3 Å². The average Bonchev–Trinajstić information content (AvgIpc) is 3.31. The van der Waals surface area contributed by atoms with Crippen LogP contribution in [-0.4, -0.2) is 25.8 Å². The molecule has 0 bridgehead atoms. The minimum Gasteiger partial charge on any atom is -0.207 e. The number of hydrogen-bond donors (Lipinski definition) is 0. The van der Waals surface area contributed by atoms with Gasteiger partial charge in [-0.3, -0.25) is 0 Å². The van der Waals surface area contributed by atoms with Crippen molar-refractivity contribution in [1.29, 1.82) is 0 Å². The first-order chi connectivity index (χ1) is 13.8. The van der Waals surface area contributed by atoms with Crippen molar-refractivity contribution in [1.82, 2.24) is 4.31 Å². The van der Waals surface area contributed by atoms with Gasteiger partial charge in [-0.1, -0.05) is 59.2 Å². The highest BCUT2D eigenvalue weighted by molar-refractivity contribution is 7.89. The third-order valence-electron chi connectivity index (χ3n) is 8.05. The van der Waals surface area contributed by atoms with Crippen molar-refractivity contribution < 1.29 is 8.42 Å². The predicted molar refractivity (Wildman–Crippen MR) is 116 cm³/mol. The van der Waals surface area contributed by atoms with Gasteiger partial charge >= 0.3 is 0 Å². The molecule has 1 saturated carbocycles. The molecule has 3 nitrogen and oxygen atoms in total. The smallest absolute Gasteiger partial charge is 0.207 e. The second kappa shape index (κ2) is 6.29. The molecule has 1 saturated heterocycles. The van der Waals surface area contributed by atoms with Crippen LogP contribution in [0.2, 0.25) is 0 Å². The lowest BCUT2D eigenvalue weighted by atomic mass is 9.77. The van der Waals surface area contributed by atoms with E-state index in [9.17, 15) is 8.42 Å². The van der Waals surface area contributed by atoms with Crippen molar-refractivity contribution in [2.45, 2.75) is 50.3 Å². The molecular formula is C25H29NO2S. The molecule has 1 aliphatic heterocycles. The molecule has 2 fully saturated rings. The quantitative estimate of drug-likeness (QED) is 0.666. The molecule has 1 spiro atoms. The highest BCUT2D eigenvalue weighted by atomic mass is 32.2. The molecule has 0 aromatic heterocycles. The molecular weight excluding hydrogens is 378 g/mol. The zero-order valence-electron chi connectivity index (χ0n) is 17.5. The predicted octanol–water partition coefficient (Wildman–Crippen LogP) is 5.07. The van der Waals surface area contributed by atoms with Gasteiger partial charge in [-0.05, 0) is 63.6 Å². The number of rotatable bonds is 3. The first-order valence-electron chi connectivity index (χ1n) is 10.6. The van der Waals surface area contributed by atoms with Gasteiger partial charge in [-0.25, -0.2) is 8.42 Å². The van der Waals surface area contributed by atoms with E-state index in [1.165, 1.54) is 16.7 Å². The van der Waals surface area contributed by atoms with Crippen molar-refractivity contribution in [3.63, 3.8) is 0 Å². The van der Waals surface area contributed by atoms with Crippen molar-refractivity contribution >= 4 is 10.0 Å². The Labute approximate surface area is 174 Å². The third-order valence-corrected chi connectivity index (χ3v) is 9.91. The summed E-state index contributed by atoms with van der Waals surface area (Å²) in [7, 11) is -3.46. The molecule has 4 heteroatoms. The number of allylic oxidation sites excluding steroid dienone is 2. The maximum atomic E-state index is 13.4. The van der Waals surface area contributed by atoms with Gasteiger partial charge in [0.25, 0.3) is 0 Å². The molecule has 5 rings (SSSR count). The van der Waals surface area contributed by atoms with Crippen LogP contribution in [0.1, 0.15) is 44.2 Å². The molecule has 0 amide bonds. The lowest BCUT2D eigenvalue weighted by Gasteiger charge is -2.38. The topological polar surface area (TPSA) is 37.4 Å². The van der Waals surface area contributed by atoms with E-state index in [0.29, 0.717) is 23.9 Å². The minimum absolute atomic E-state index is 0.0357. The number of aryl methyl sites for hydroxylation is 1. The monoisotopic (exact) mass is 407 g/mol. The highest BCUT2D eigenvalue weighted by Crippen LogP contribution is 2.78. The average molecular weight is 408 g/mol. The second-order valence-electron chi connectivity index (χ2n) is 9.39. The summed E-state index contributed by atoms with van der Waals surface area (Å²) in [5.41, 5.74) is 5.59. The van der Waals surface area contributed by atoms with Crippen molar-refractivity contribution in [2.24, 2.45) is 11.3 Å². The van der Waals surface area contributed by atoms with E-state index in [-0.39, 0.29) is 10.8 Å². The van der Waals surface area contributed by atoms with Gasteiger partial charge in [-0.15, -0.1) is 0 Å². The fraction of sp³-hybridized carbons (Fsp3) is 0.440. The molecule has 29 heavy (non-hydrogen) atoms. The van der Waals surface area contributed by atoms with Gasteiger partial charge in [0.15, 0.2) is 0 Å². The van der Waals surface area contributed by atoms with Gasteiger partial charge in [0.1, 0.15) is 0 Å². The van der Waals surface area contributed by atoms with E-state index in [4.69, 9.17) is 0 Å². The molecule has 152 valence electrons. The van der Waals surface area contributed by atoms with E-state index in [1.54, 1.807) is 16.4 Å². The summed E-state index contributed by atoms with van der Waals surface area (Å²) in [5.74, 6) is 0.541. The number of nitrogens with zero attached hydrogens (tertiary/aromatic N) is 1. The Kier molecular flexibility index (Phi) is 4.14. The van der Waals surface area contributed by atoms with Crippen LogP contribution in [0.4, 0.5) is 0 Å². The molecule has 0 radical (unpaired) electrons. The van der Waals surface area contributed by atoms with Crippen molar-refractivity contribution in [3.05, 3.63) is 76.9 Å². The van der Waals surface area contributed by atoms with E-state index in [2.05, 4.69) is 44.2 Å². The van der Waals surface area contributed by atoms with Crippen LogP contribution in [-0.2, 0) is 15.4 Å². The summed E-state index contributed by atoms with van der Waals surface area (Å²) < 4.78 is 28.6. The molecule has 3 aliphatic rings. The Morgan fingerprint density at radius 2 is 1.62 bits per heavy atom. The summed E-state index contributed by atoms with van der Waals surface area (Å²) in [4.78, 5) is 0.420. The SMILES string of the molecule is CC1=C(C)CC23CN(S(=O)(=O)c4ccc(C)cc4)CCC2(c2ccccc2)C3C1. The molecule has 3 atom stereocenters. The fourth-order valence-electron chi connectivity index (χ4n) is 6.38. The standard InChI is InChI=1S/C25H29NO2S/c1-18-9-11-22(12-10-18)29(27,28)26-14-13-25(21-7-5-4-6-8-21)23-15-19(2)20(3)16-24(23,25)17-26/h4-12,23H,13-17H2,1-3H3. The maximum Gasteiger partial charge on any atom is 0.243 e. The Bertz CT molecular complexity index is 1090. The Hall–Kier alpha value is -1.91. The Morgan fingerprint density at radius 3 is 2.31 bits per heavy atom. The summed E-state index contributed by atoms with van der Waals surface area (Å²) in [5, 5.41) is 0.